The third kappa shape index (κ3) is 4.10. The molecule has 0 spiro atoms. The zero-order chi connectivity index (χ0) is 14.7. The van der Waals surface area contributed by atoms with Crippen molar-refractivity contribution < 1.29 is 9.59 Å². The number of carbonyl (C=O) groups is 2. The van der Waals surface area contributed by atoms with Gasteiger partial charge in [0.25, 0.3) is 0 Å². The Balaban J connectivity index is 0.00000220. The van der Waals surface area contributed by atoms with Crippen LogP contribution in [0.15, 0.2) is 0 Å². The summed E-state index contributed by atoms with van der Waals surface area (Å²) < 4.78 is 0. The highest BCUT2D eigenvalue weighted by Gasteiger charge is 2.35. The summed E-state index contributed by atoms with van der Waals surface area (Å²) in [5, 5.41) is 0. The Morgan fingerprint density at radius 3 is 2.62 bits per heavy atom. The predicted molar refractivity (Wildman–Crippen MR) is 85.2 cm³/mol. The molecule has 0 radical (unpaired) electrons. The van der Waals surface area contributed by atoms with Crippen LogP contribution in [-0.4, -0.2) is 53.3 Å². The summed E-state index contributed by atoms with van der Waals surface area (Å²) in [4.78, 5) is 28.3. The molecule has 2 aliphatic rings. The van der Waals surface area contributed by atoms with Crippen molar-refractivity contribution in [3.63, 3.8) is 0 Å². The van der Waals surface area contributed by atoms with Gasteiger partial charge in [-0.15, -0.1) is 12.4 Å². The topological polar surface area (TPSA) is 66.6 Å². The Labute approximate surface area is 133 Å². The number of nitrogens with zero attached hydrogens (tertiary/aromatic N) is 2. The number of hydrogen-bond donors (Lipinski definition) is 1. The number of rotatable bonds is 4. The molecule has 2 aliphatic heterocycles. The van der Waals surface area contributed by atoms with E-state index in [1.165, 1.54) is 0 Å². The van der Waals surface area contributed by atoms with Gasteiger partial charge in [-0.25, -0.2) is 0 Å². The van der Waals surface area contributed by atoms with Crippen LogP contribution in [0, 0.1) is 5.92 Å². The summed E-state index contributed by atoms with van der Waals surface area (Å²) in [6.07, 6.45) is 4.28. The Bertz CT molecular complexity index is 376. The van der Waals surface area contributed by atoms with Gasteiger partial charge in [-0.3, -0.25) is 9.59 Å². The first-order valence-corrected chi connectivity index (χ1v) is 7.88. The average molecular weight is 318 g/mol. The highest BCUT2D eigenvalue weighted by Crippen LogP contribution is 2.23. The van der Waals surface area contributed by atoms with Crippen molar-refractivity contribution in [1.29, 1.82) is 0 Å². The van der Waals surface area contributed by atoms with Crippen LogP contribution in [0.1, 0.15) is 46.0 Å². The highest BCUT2D eigenvalue weighted by molar-refractivity contribution is 5.88. The molecule has 2 fully saturated rings. The molecular weight excluding hydrogens is 290 g/mol. The minimum Gasteiger partial charge on any atom is -0.341 e. The summed E-state index contributed by atoms with van der Waals surface area (Å²) in [7, 11) is 0. The molecule has 0 aromatic carbocycles. The van der Waals surface area contributed by atoms with Gasteiger partial charge >= 0.3 is 0 Å². The van der Waals surface area contributed by atoms with Gasteiger partial charge in [0, 0.05) is 32.1 Å². The van der Waals surface area contributed by atoms with Gasteiger partial charge in [-0.2, -0.15) is 0 Å². The van der Waals surface area contributed by atoms with Crippen molar-refractivity contribution >= 4 is 24.2 Å². The molecule has 2 N–H and O–H groups in total. The average Bonchev–Trinajstić information content (AvgIpc) is 2.86. The third-order valence-corrected chi connectivity index (χ3v) is 4.67. The van der Waals surface area contributed by atoms with Crippen LogP contribution in [0.2, 0.25) is 0 Å². The van der Waals surface area contributed by atoms with Gasteiger partial charge in [0.05, 0.1) is 0 Å². The SMILES string of the molecule is CCC(C(=O)N1CCCC(C(C)N)C1)N1CCCC1=O.Cl. The van der Waals surface area contributed by atoms with E-state index in [2.05, 4.69) is 0 Å². The maximum atomic E-state index is 12.7. The zero-order valence-corrected chi connectivity index (χ0v) is 13.9. The van der Waals surface area contributed by atoms with Gasteiger partial charge in [-0.05, 0) is 38.5 Å². The Morgan fingerprint density at radius 1 is 1.38 bits per heavy atom. The van der Waals surface area contributed by atoms with E-state index in [1.807, 2.05) is 18.7 Å². The lowest BCUT2D eigenvalue weighted by Gasteiger charge is -2.38. The van der Waals surface area contributed by atoms with E-state index < -0.39 is 0 Å². The van der Waals surface area contributed by atoms with Crippen molar-refractivity contribution in [1.82, 2.24) is 9.80 Å². The number of likely N-dealkylation sites (tertiary alicyclic amines) is 2. The quantitative estimate of drug-likeness (QED) is 0.852. The first-order valence-electron chi connectivity index (χ1n) is 7.88. The summed E-state index contributed by atoms with van der Waals surface area (Å²) in [5.41, 5.74) is 5.98. The van der Waals surface area contributed by atoms with Crippen molar-refractivity contribution in [3.05, 3.63) is 0 Å². The van der Waals surface area contributed by atoms with Crippen LogP contribution in [0.4, 0.5) is 0 Å². The van der Waals surface area contributed by atoms with Crippen LogP contribution in [0.25, 0.3) is 0 Å². The first-order chi connectivity index (χ1) is 9.54. The molecule has 122 valence electrons. The molecule has 0 saturated carbocycles. The van der Waals surface area contributed by atoms with Crippen LogP contribution < -0.4 is 5.73 Å². The first kappa shape index (κ1) is 18.2. The summed E-state index contributed by atoms with van der Waals surface area (Å²) in [6.45, 7) is 6.28. The number of amides is 2. The monoisotopic (exact) mass is 317 g/mol. The van der Waals surface area contributed by atoms with E-state index in [0.717, 1.165) is 38.9 Å². The molecule has 3 unspecified atom stereocenters. The largest absolute Gasteiger partial charge is 0.341 e. The Morgan fingerprint density at radius 2 is 2.10 bits per heavy atom. The number of piperidine rings is 1. The molecule has 6 heteroatoms. The van der Waals surface area contributed by atoms with Gasteiger partial charge in [-0.1, -0.05) is 6.92 Å². The minimum atomic E-state index is -0.267. The van der Waals surface area contributed by atoms with Crippen LogP contribution in [-0.2, 0) is 9.59 Å². The highest BCUT2D eigenvalue weighted by atomic mass is 35.5. The van der Waals surface area contributed by atoms with Crippen molar-refractivity contribution in [2.75, 3.05) is 19.6 Å². The third-order valence-electron chi connectivity index (χ3n) is 4.67. The number of nitrogens with two attached hydrogens (primary N) is 1. The lowest BCUT2D eigenvalue weighted by atomic mass is 9.91. The van der Waals surface area contributed by atoms with Crippen LogP contribution >= 0.6 is 12.4 Å². The summed E-state index contributed by atoms with van der Waals surface area (Å²) >= 11 is 0. The number of halogens is 1. The maximum Gasteiger partial charge on any atom is 0.245 e. The van der Waals surface area contributed by atoms with Crippen molar-refractivity contribution in [3.8, 4) is 0 Å². The van der Waals surface area contributed by atoms with Crippen LogP contribution in [0.5, 0.6) is 0 Å². The second kappa shape index (κ2) is 7.99. The second-order valence-electron chi connectivity index (χ2n) is 6.16. The number of hydrogen-bond acceptors (Lipinski definition) is 3. The molecule has 0 aromatic rings. The molecule has 2 saturated heterocycles. The normalized spacial score (nSPS) is 25.5. The van der Waals surface area contributed by atoms with Gasteiger partial charge in [0.15, 0.2) is 0 Å². The maximum absolute atomic E-state index is 12.7. The minimum absolute atomic E-state index is 0. The van der Waals surface area contributed by atoms with Gasteiger partial charge in [0.2, 0.25) is 11.8 Å². The van der Waals surface area contributed by atoms with Crippen LogP contribution in [0.3, 0.4) is 0 Å². The molecule has 0 bridgehead atoms. The fourth-order valence-corrected chi connectivity index (χ4v) is 3.38. The molecule has 0 aromatic heterocycles. The predicted octanol–water partition coefficient (Wildman–Crippen LogP) is 1.39. The van der Waals surface area contributed by atoms with Crippen molar-refractivity contribution in [2.45, 2.75) is 58.0 Å². The molecule has 2 amide bonds. The molecule has 0 aliphatic carbocycles. The van der Waals surface area contributed by atoms with E-state index >= 15 is 0 Å². The fraction of sp³-hybridized carbons (Fsp3) is 0.867. The molecule has 5 nitrogen and oxygen atoms in total. The van der Waals surface area contributed by atoms with Gasteiger partial charge < -0.3 is 15.5 Å². The second-order valence-corrected chi connectivity index (χ2v) is 6.16. The van der Waals surface area contributed by atoms with E-state index in [1.54, 1.807) is 4.90 Å². The lowest BCUT2D eigenvalue weighted by Crippen LogP contribution is -2.53. The smallest absolute Gasteiger partial charge is 0.245 e. The molecule has 3 atom stereocenters. The Kier molecular flexibility index (Phi) is 6.94. The van der Waals surface area contributed by atoms with E-state index in [0.29, 0.717) is 18.8 Å². The molecule has 21 heavy (non-hydrogen) atoms. The summed E-state index contributed by atoms with van der Waals surface area (Å²) in [6, 6.07) is -0.143. The summed E-state index contributed by atoms with van der Waals surface area (Å²) in [5.74, 6) is 0.638. The van der Waals surface area contributed by atoms with E-state index in [-0.39, 0.29) is 36.3 Å². The zero-order valence-electron chi connectivity index (χ0n) is 13.1. The Hall–Kier alpha value is -0.810. The van der Waals surface area contributed by atoms with Gasteiger partial charge in [0.1, 0.15) is 6.04 Å². The lowest BCUT2D eigenvalue weighted by molar-refractivity contribution is -0.145. The fourth-order valence-electron chi connectivity index (χ4n) is 3.38. The molecule has 2 rings (SSSR count). The van der Waals surface area contributed by atoms with E-state index in [4.69, 9.17) is 5.73 Å². The molecule has 2 heterocycles. The van der Waals surface area contributed by atoms with E-state index in [9.17, 15) is 9.59 Å². The molecular formula is C15H28ClN3O2. The standard InChI is InChI=1S/C15H27N3O2.ClH/c1-3-13(18-9-5-7-14(18)19)15(20)17-8-4-6-12(10-17)11(2)16;/h11-13H,3-10,16H2,1-2H3;1H. The van der Waals surface area contributed by atoms with Crippen molar-refractivity contribution in [2.24, 2.45) is 11.7 Å². The number of carbonyl (C=O) groups excluding carboxylic acids is 2.